The first-order valence-electron chi connectivity index (χ1n) is 7.32. The number of amides is 1. The van der Waals surface area contributed by atoms with Gasteiger partial charge < -0.3 is 15.0 Å². The highest BCUT2D eigenvalue weighted by molar-refractivity contribution is 7.12. The summed E-state index contributed by atoms with van der Waals surface area (Å²) in [5.41, 5.74) is 1.15. The number of carbonyl (C=O) groups is 1. The van der Waals surface area contributed by atoms with E-state index in [-0.39, 0.29) is 11.9 Å². The van der Waals surface area contributed by atoms with Gasteiger partial charge in [0.15, 0.2) is 0 Å². The molecule has 0 aliphatic carbocycles. The second kappa shape index (κ2) is 7.96. The molecule has 0 radical (unpaired) electrons. The van der Waals surface area contributed by atoms with E-state index >= 15 is 0 Å². The molecule has 1 atom stereocenters. The van der Waals surface area contributed by atoms with Crippen LogP contribution in [0.3, 0.4) is 0 Å². The van der Waals surface area contributed by atoms with Crippen molar-refractivity contribution in [1.29, 1.82) is 0 Å². The highest BCUT2D eigenvalue weighted by Gasteiger charge is 2.16. The number of ether oxygens (including phenoxy) is 1. The maximum atomic E-state index is 12.1. The van der Waals surface area contributed by atoms with E-state index in [1.165, 1.54) is 11.3 Å². The highest BCUT2D eigenvalue weighted by Crippen LogP contribution is 2.21. The standard InChI is InChI=1S/C17H22N2O2S/c1-4-21-14-9-7-13(8-10-14)15(19(2)3)12-18-17(20)16-6-5-11-22-16/h5-11,15H,4,12H2,1-3H3,(H,18,20). The third-order valence-electron chi connectivity index (χ3n) is 3.40. The maximum absolute atomic E-state index is 12.1. The largest absolute Gasteiger partial charge is 0.494 e. The molecule has 1 amide bonds. The lowest BCUT2D eigenvalue weighted by Crippen LogP contribution is -2.34. The number of carbonyl (C=O) groups excluding carboxylic acids is 1. The topological polar surface area (TPSA) is 41.6 Å². The molecule has 5 heteroatoms. The van der Waals surface area contributed by atoms with E-state index in [0.29, 0.717) is 13.2 Å². The molecule has 0 aliphatic heterocycles. The molecule has 0 aliphatic rings. The third-order valence-corrected chi connectivity index (χ3v) is 4.27. The Hall–Kier alpha value is -1.85. The maximum Gasteiger partial charge on any atom is 0.261 e. The fourth-order valence-electron chi connectivity index (χ4n) is 2.24. The average molecular weight is 318 g/mol. The molecule has 0 bridgehead atoms. The van der Waals surface area contributed by atoms with Crippen molar-refractivity contribution in [1.82, 2.24) is 10.2 Å². The molecule has 1 N–H and O–H groups in total. The molecule has 1 aromatic carbocycles. The monoisotopic (exact) mass is 318 g/mol. The summed E-state index contributed by atoms with van der Waals surface area (Å²) < 4.78 is 5.47. The van der Waals surface area contributed by atoms with Gasteiger partial charge in [-0.25, -0.2) is 0 Å². The molecule has 118 valence electrons. The van der Waals surface area contributed by atoms with E-state index in [1.807, 2.05) is 62.8 Å². The summed E-state index contributed by atoms with van der Waals surface area (Å²) in [5.74, 6) is 0.846. The van der Waals surface area contributed by atoms with Crippen molar-refractivity contribution >= 4 is 17.2 Å². The second-order valence-electron chi connectivity index (χ2n) is 5.17. The van der Waals surface area contributed by atoms with Gasteiger partial charge in [0, 0.05) is 6.54 Å². The van der Waals surface area contributed by atoms with Crippen LogP contribution in [0.1, 0.15) is 28.2 Å². The lowest BCUT2D eigenvalue weighted by molar-refractivity contribution is 0.0946. The van der Waals surface area contributed by atoms with Crippen LogP contribution in [0.4, 0.5) is 0 Å². The van der Waals surface area contributed by atoms with Gasteiger partial charge in [-0.15, -0.1) is 11.3 Å². The third kappa shape index (κ3) is 4.32. The lowest BCUT2D eigenvalue weighted by Gasteiger charge is -2.25. The lowest BCUT2D eigenvalue weighted by atomic mass is 10.1. The van der Waals surface area contributed by atoms with E-state index in [4.69, 9.17) is 4.74 Å². The van der Waals surface area contributed by atoms with Crippen molar-refractivity contribution < 1.29 is 9.53 Å². The SMILES string of the molecule is CCOc1ccc(C(CNC(=O)c2cccs2)N(C)C)cc1. The van der Waals surface area contributed by atoms with Crippen LogP contribution in [0.2, 0.25) is 0 Å². The summed E-state index contributed by atoms with van der Waals surface area (Å²) in [6.07, 6.45) is 0. The number of hydrogen-bond donors (Lipinski definition) is 1. The Labute approximate surface area is 135 Å². The number of benzene rings is 1. The first-order valence-corrected chi connectivity index (χ1v) is 8.20. The molecule has 1 aromatic heterocycles. The number of thiophene rings is 1. The van der Waals surface area contributed by atoms with Crippen LogP contribution in [0.5, 0.6) is 5.75 Å². The first-order chi connectivity index (χ1) is 10.6. The van der Waals surface area contributed by atoms with Crippen molar-refractivity contribution in [3.05, 3.63) is 52.2 Å². The van der Waals surface area contributed by atoms with Gasteiger partial charge in [-0.05, 0) is 50.2 Å². The van der Waals surface area contributed by atoms with E-state index in [1.54, 1.807) is 0 Å². The summed E-state index contributed by atoms with van der Waals surface area (Å²) in [4.78, 5) is 14.9. The summed E-state index contributed by atoms with van der Waals surface area (Å²) in [5, 5.41) is 4.91. The van der Waals surface area contributed by atoms with E-state index < -0.39 is 0 Å². The van der Waals surface area contributed by atoms with E-state index in [2.05, 4.69) is 10.2 Å². The van der Waals surface area contributed by atoms with Gasteiger partial charge in [0.2, 0.25) is 0 Å². The Bertz CT molecular complexity index is 579. The molecule has 4 nitrogen and oxygen atoms in total. The molecule has 22 heavy (non-hydrogen) atoms. The van der Waals surface area contributed by atoms with Crippen LogP contribution < -0.4 is 10.1 Å². The number of nitrogens with one attached hydrogen (secondary N) is 1. The zero-order chi connectivity index (χ0) is 15.9. The molecule has 0 saturated heterocycles. The van der Waals surface area contributed by atoms with Crippen molar-refractivity contribution in [2.24, 2.45) is 0 Å². The first kappa shape index (κ1) is 16.5. The van der Waals surface area contributed by atoms with Crippen LogP contribution in [0, 0.1) is 0 Å². The predicted molar refractivity (Wildman–Crippen MR) is 90.7 cm³/mol. The molecule has 1 heterocycles. The van der Waals surface area contributed by atoms with E-state index in [9.17, 15) is 4.79 Å². The van der Waals surface area contributed by atoms with Gasteiger partial charge in [-0.1, -0.05) is 18.2 Å². The number of likely N-dealkylation sites (N-methyl/N-ethyl adjacent to an activating group) is 1. The highest BCUT2D eigenvalue weighted by atomic mass is 32.1. The molecule has 1 unspecified atom stereocenters. The Morgan fingerprint density at radius 3 is 2.55 bits per heavy atom. The zero-order valence-electron chi connectivity index (χ0n) is 13.2. The molecular formula is C17H22N2O2S. The van der Waals surface area contributed by atoms with Gasteiger partial charge in [0.25, 0.3) is 5.91 Å². The molecule has 0 saturated carbocycles. The van der Waals surface area contributed by atoms with Gasteiger partial charge >= 0.3 is 0 Å². The minimum absolute atomic E-state index is 0.0206. The molecule has 2 rings (SSSR count). The quantitative estimate of drug-likeness (QED) is 0.852. The number of rotatable bonds is 7. The Morgan fingerprint density at radius 1 is 1.27 bits per heavy atom. The van der Waals surface area contributed by atoms with Crippen molar-refractivity contribution in [3.8, 4) is 5.75 Å². The fourth-order valence-corrected chi connectivity index (χ4v) is 2.88. The summed E-state index contributed by atoms with van der Waals surface area (Å²) in [7, 11) is 4.02. The second-order valence-corrected chi connectivity index (χ2v) is 6.12. The fraction of sp³-hybridized carbons (Fsp3) is 0.353. The minimum atomic E-state index is -0.0206. The van der Waals surface area contributed by atoms with Crippen LogP contribution >= 0.6 is 11.3 Å². The van der Waals surface area contributed by atoms with Crippen LogP contribution in [0.15, 0.2) is 41.8 Å². The van der Waals surface area contributed by atoms with Gasteiger partial charge in [0.05, 0.1) is 17.5 Å². The van der Waals surface area contributed by atoms with Gasteiger partial charge in [-0.3, -0.25) is 4.79 Å². The Balaban J connectivity index is 2.01. The Kier molecular flexibility index (Phi) is 5.98. The minimum Gasteiger partial charge on any atom is -0.494 e. The van der Waals surface area contributed by atoms with Gasteiger partial charge in [0.1, 0.15) is 5.75 Å². The average Bonchev–Trinajstić information content (AvgIpc) is 3.03. The summed E-state index contributed by atoms with van der Waals surface area (Å²) >= 11 is 1.45. The normalized spacial score (nSPS) is 12.2. The van der Waals surface area contributed by atoms with Crippen LogP contribution in [-0.2, 0) is 0 Å². The van der Waals surface area contributed by atoms with Crippen LogP contribution in [-0.4, -0.2) is 38.1 Å². The van der Waals surface area contributed by atoms with Crippen molar-refractivity contribution in [2.75, 3.05) is 27.2 Å². The van der Waals surface area contributed by atoms with Crippen molar-refractivity contribution in [3.63, 3.8) is 0 Å². The summed E-state index contributed by atoms with van der Waals surface area (Å²) in [6.45, 7) is 3.20. The van der Waals surface area contributed by atoms with Crippen molar-refractivity contribution in [2.45, 2.75) is 13.0 Å². The molecule has 0 fully saturated rings. The smallest absolute Gasteiger partial charge is 0.261 e. The van der Waals surface area contributed by atoms with Gasteiger partial charge in [-0.2, -0.15) is 0 Å². The predicted octanol–water partition coefficient (Wildman–Crippen LogP) is 3.18. The number of nitrogens with zero attached hydrogens (tertiary/aromatic N) is 1. The Morgan fingerprint density at radius 2 is 2.00 bits per heavy atom. The molecular weight excluding hydrogens is 296 g/mol. The van der Waals surface area contributed by atoms with E-state index in [0.717, 1.165) is 16.2 Å². The molecule has 2 aromatic rings. The summed E-state index contributed by atoms with van der Waals surface area (Å²) in [6, 6.07) is 11.9. The number of hydrogen-bond acceptors (Lipinski definition) is 4. The van der Waals surface area contributed by atoms with Crippen LogP contribution in [0.25, 0.3) is 0 Å². The zero-order valence-corrected chi connectivity index (χ0v) is 14.0. The molecule has 0 spiro atoms.